The number of hydrogen-bond acceptors (Lipinski definition) is 2. The molecule has 0 saturated carbocycles. The van der Waals surface area contributed by atoms with Crippen molar-refractivity contribution in [3.63, 3.8) is 0 Å². The Morgan fingerprint density at radius 1 is 0.391 bits per heavy atom. The Morgan fingerprint density at radius 3 is 1.53 bits per heavy atom. The molecule has 326 valence electrons. The second-order valence-electron chi connectivity index (χ2n) is 24.8. The van der Waals surface area contributed by atoms with E-state index in [1.807, 2.05) is 0 Å². The van der Waals surface area contributed by atoms with Crippen molar-refractivity contribution in [1.29, 1.82) is 0 Å². The highest BCUT2D eigenvalue weighted by atomic mass is 15.2. The molecule has 2 aliphatic heterocycles. The van der Waals surface area contributed by atoms with E-state index >= 15 is 0 Å². The predicted octanol–water partition coefficient (Wildman–Crippen LogP) is 14.7. The SMILES string of the molecule is Cc1ccc2c(c1)N(c1cc3c(cc1-c1ccccc1)C(C)(C)CC3(C)C)c1cc(C)cc3c1B2c1cc2c(cc1N3c1ccc3c(c1)C(C)(C)CCC3(C)C)C(C)(C)CCC2(C)C. The van der Waals surface area contributed by atoms with Crippen LogP contribution in [0.4, 0.5) is 34.1 Å². The van der Waals surface area contributed by atoms with Crippen molar-refractivity contribution in [2.45, 2.75) is 162 Å². The summed E-state index contributed by atoms with van der Waals surface area (Å²) in [6.07, 6.45) is 5.90. The number of anilines is 6. The predicted molar refractivity (Wildman–Crippen MR) is 277 cm³/mol. The number of aryl methyl sites for hydroxylation is 2. The van der Waals surface area contributed by atoms with Gasteiger partial charge in [0.2, 0.25) is 0 Å². The summed E-state index contributed by atoms with van der Waals surface area (Å²) in [6.45, 7) is 34.3. The van der Waals surface area contributed by atoms with E-state index < -0.39 is 0 Å². The summed E-state index contributed by atoms with van der Waals surface area (Å²) >= 11 is 0. The highest BCUT2D eigenvalue weighted by Crippen LogP contribution is 2.56. The first-order chi connectivity index (χ1) is 30.0. The molecule has 11 rings (SSSR count). The van der Waals surface area contributed by atoms with E-state index in [0.29, 0.717) is 0 Å². The molecule has 0 spiro atoms. The van der Waals surface area contributed by atoms with Gasteiger partial charge < -0.3 is 9.80 Å². The maximum atomic E-state index is 2.71. The van der Waals surface area contributed by atoms with Crippen LogP contribution in [0.5, 0.6) is 0 Å². The molecule has 64 heavy (non-hydrogen) atoms. The van der Waals surface area contributed by atoms with Crippen LogP contribution in [0, 0.1) is 13.8 Å². The molecule has 0 atom stereocenters. The van der Waals surface area contributed by atoms with Crippen molar-refractivity contribution < 1.29 is 0 Å². The smallest absolute Gasteiger partial charge is 0.252 e. The van der Waals surface area contributed by atoms with Gasteiger partial charge >= 0.3 is 0 Å². The number of nitrogens with zero attached hydrogens (tertiary/aromatic N) is 2. The van der Waals surface area contributed by atoms with Crippen LogP contribution in [0.3, 0.4) is 0 Å². The van der Waals surface area contributed by atoms with Crippen molar-refractivity contribution >= 4 is 57.2 Å². The van der Waals surface area contributed by atoms with Crippen LogP contribution in [-0.2, 0) is 32.5 Å². The van der Waals surface area contributed by atoms with Crippen LogP contribution in [0.25, 0.3) is 11.1 Å². The molecule has 0 radical (unpaired) electrons. The summed E-state index contributed by atoms with van der Waals surface area (Å²) in [7, 11) is 0. The normalized spacial score (nSPS) is 20.7. The second kappa shape index (κ2) is 13.3. The Labute approximate surface area is 385 Å². The lowest BCUT2D eigenvalue weighted by Crippen LogP contribution is -2.62. The Balaban J connectivity index is 1.26. The molecule has 0 bridgehead atoms. The third-order valence-electron chi connectivity index (χ3n) is 17.2. The van der Waals surface area contributed by atoms with E-state index in [1.54, 1.807) is 0 Å². The minimum Gasteiger partial charge on any atom is -0.311 e. The van der Waals surface area contributed by atoms with Crippen LogP contribution in [-0.4, -0.2) is 6.71 Å². The lowest BCUT2D eigenvalue weighted by molar-refractivity contribution is 0.332. The average molecular weight is 841 g/mol. The monoisotopic (exact) mass is 841 g/mol. The zero-order chi connectivity index (χ0) is 45.3. The molecule has 0 unspecified atom stereocenters. The van der Waals surface area contributed by atoms with E-state index in [1.165, 1.54) is 132 Å². The van der Waals surface area contributed by atoms with Gasteiger partial charge in [0, 0.05) is 34.0 Å². The Kier molecular flexibility index (Phi) is 8.66. The molecule has 6 aromatic carbocycles. The Hall–Kier alpha value is -5.02. The molecule has 2 heterocycles. The fourth-order valence-electron chi connectivity index (χ4n) is 13.6. The Bertz CT molecular complexity index is 2960. The molecule has 3 aliphatic carbocycles. The van der Waals surface area contributed by atoms with Gasteiger partial charge in [-0.1, -0.05) is 138 Å². The molecule has 0 amide bonds. The first-order valence-corrected chi connectivity index (χ1v) is 24.4. The van der Waals surface area contributed by atoms with Gasteiger partial charge in [-0.25, -0.2) is 0 Å². The van der Waals surface area contributed by atoms with Gasteiger partial charge in [-0.3, -0.25) is 0 Å². The topological polar surface area (TPSA) is 6.48 Å². The van der Waals surface area contributed by atoms with Crippen LogP contribution in [0.1, 0.15) is 160 Å². The van der Waals surface area contributed by atoms with Gasteiger partial charge in [0.25, 0.3) is 6.71 Å². The zero-order valence-corrected chi connectivity index (χ0v) is 41.3. The first kappa shape index (κ1) is 41.7. The lowest BCUT2D eigenvalue weighted by atomic mass is 9.33. The molecular weight excluding hydrogens is 771 g/mol. The molecule has 0 N–H and O–H groups in total. The lowest BCUT2D eigenvalue weighted by Gasteiger charge is -2.48. The molecule has 0 aromatic heterocycles. The van der Waals surface area contributed by atoms with Crippen LogP contribution < -0.4 is 26.2 Å². The van der Waals surface area contributed by atoms with Crippen LogP contribution in [0.2, 0.25) is 0 Å². The van der Waals surface area contributed by atoms with Gasteiger partial charge in [-0.15, -0.1) is 0 Å². The van der Waals surface area contributed by atoms with Crippen molar-refractivity contribution in [2.75, 3.05) is 9.80 Å². The summed E-state index contributed by atoms with van der Waals surface area (Å²) in [6, 6.07) is 41.7. The van der Waals surface area contributed by atoms with E-state index in [9.17, 15) is 0 Å². The second-order valence-corrected chi connectivity index (χ2v) is 24.8. The molecule has 3 heteroatoms. The van der Waals surface area contributed by atoms with Gasteiger partial charge in [-0.2, -0.15) is 0 Å². The number of hydrogen-bond donors (Lipinski definition) is 0. The maximum Gasteiger partial charge on any atom is 0.252 e. The summed E-state index contributed by atoms with van der Waals surface area (Å²) < 4.78 is 0. The number of fused-ring (bicyclic) bond motifs is 7. The summed E-state index contributed by atoms with van der Waals surface area (Å²) in [4.78, 5) is 5.40. The fraction of sp³-hybridized carbons (Fsp3) is 0.410. The van der Waals surface area contributed by atoms with Crippen molar-refractivity contribution in [3.8, 4) is 11.1 Å². The van der Waals surface area contributed by atoms with E-state index in [0.717, 1.165) is 6.42 Å². The number of rotatable bonds is 3. The standard InChI is InChI=1S/C61H69BN2/c1-37-20-23-48-51(28-37)64(50-34-47-44(60(11,12)36-61(47,13)14)32-41(50)39-18-16-15-17-19-39)54-30-38(2)29-53-55(54)62(48)49-33-45-46(59(9,10)27-26-58(45,7)8)35-52(49)63(53)40-21-22-42-43(31-40)57(5,6)25-24-56(42,3)4/h15-23,28-35H,24-27,36H2,1-14H3. The average Bonchev–Trinajstić information content (AvgIpc) is 3.42. The van der Waals surface area contributed by atoms with E-state index in [-0.39, 0.29) is 39.2 Å². The summed E-state index contributed by atoms with van der Waals surface area (Å²) in [5, 5.41) is 0. The van der Waals surface area contributed by atoms with Crippen LogP contribution in [0.15, 0.2) is 103 Å². The highest BCUT2D eigenvalue weighted by Gasteiger charge is 2.49. The summed E-state index contributed by atoms with van der Waals surface area (Å²) in [5.41, 5.74) is 26.7. The van der Waals surface area contributed by atoms with Gasteiger partial charge in [0.05, 0.1) is 5.69 Å². The highest BCUT2D eigenvalue weighted by molar-refractivity contribution is 7.00. The molecule has 5 aliphatic rings. The fourth-order valence-corrected chi connectivity index (χ4v) is 13.6. The van der Waals surface area contributed by atoms with E-state index in [2.05, 4.69) is 210 Å². The van der Waals surface area contributed by atoms with E-state index in [4.69, 9.17) is 0 Å². The zero-order valence-electron chi connectivity index (χ0n) is 41.3. The summed E-state index contributed by atoms with van der Waals surface area (Å²) in [5.74, 6) is 0. The van der Waals surface area contributed by atoms with Gasteiger partial charge in [0.15, 0.2) is 0 Å². The Morgan fingerprint density at radius 2 is 0.891 bits per heavy atom. The quantitative estimate of drug-likeness (QED) is 0.164. The molecule has 2 nitrogen and oxygen atoms in total. The molecular formula is C61H69BN2. The third kappa shape index (κ3) is 5.97. The molecule has 0 fully saturated rings. The van der Waals surface area contributed by atoms with Crippen molar-refractivity contribution in [2.24, 2.45) is 0 Å². The third-order valence-corrected chi connectivity index (χ3v) is 17.2. The van der Waals surface area contributed by atoms with Crippen molar-refractivity contribution in [3.05, 3.63) is 148 Å². The minimum atomic E-state index is 0.0484. The molecule has 6 aromatic rings. The van der Waals surface area contributed by atoms with Gasteiger partial charge in [0.1, 0.15) is 0 Å². The minimum absolute atomic E-state index is 0.0484. The molecule has 0 saturated heterocycles. The van der Waals surface area contributed by atoms with Crippen molar-refractivity contribution in [1.82, 2.24) is 0 Å². The first-order valence-electron chi connectivity index (χ1n) is 24.4. The largest absolute Gasteiger partial charge is 0.311 e. The maximum absolute atomic E-state index is 2.71. The number of benzene rings is 6. The van der Waals surface area contributed by atoms with Gasteiger partial charge in [-0.05, 0) is 193 Å². The van der Waals surface area contributed by atoms with Crippen LogP contribution >= 0.6 is 0 Å².